The molecule has 6 aromatic heterocycles. The van der Waals surface area contributed by atoms with E-state index in [-0.39, 0.29) is 0 Å². The van der Waals surface area contributed by atoms with Gasteiger partial charge in [0.15, 0.2) is 23.0 Å². The highest BCUT2D eigenvalue weighted by Crippen LogP contribution is 2.59. The summed E-state index contributed by atoms with van der Waals surface area (Å²) in [5, 5.41) is 13.9. The van der Waals surface area contributed by atoms with Gasteiger partial charge in [-0.3, -0.25) is 0 Å². The second-order valence-corrected chi connectivity index (χ2v) is 31.7. The van der Waals surface area contributed by atoms with Gasteiger partial charge in [0.2, 0.25) is 0 Å². The van der Waals surface area contributed by atoms with Crippen molar-refractivity contribution >= 4 is 166 Å². The number of thiophene rings is 2. The van der Waals surface area contributed by atoms with E-state index in [0.29, 0.717) is 32.3 Å². The molecule has 110 heavy (non-hydrogen) atoms. The van der Waals surface area contributed by atoms with Crippen molar-refractivity contribution < 1.29 is 23.4 Å². The molecular formula is C98H69N5O5S2. The molecule has 1 atom stereocenters. The number of ether oxygens (including phenoxy) is 4. The van der Waals surface area contributed by atoms with Crippen LogP contribution in [0.15, 0.2) is 283 Å². The van der Waals surface area contributed by atoms with Gasteiger partial charge in [0, 0.05) is 143 Å². The number of para-hydroxylation sites is 3. The standard InChI is InChI=1S/C98H69N5O5S2/c1-56-49-59-17-5-6-18-67(59)75-50-62(37-41-66(56)75)102(63-38-42-84-76(51-63)70-21-11-14-26-81(70)99(84)2)60-33-29-57(30-34-60)95-91-93(106-47-45-104-91)97(109-95)79-54-87-89(73-24-9-7-19-68(73)79)90-74-25-10-8-20-69(74)80(55-88(90)108-87)98-94-92(105-46-48-107-94)96(110-98)58-31-35-61(36-32-58)103(64-39-43-85-77(52-64)71-22-12-15-27-82(71)100(85)3)65-40-44-86-78(53-65)72-23-13-16-28-83(72)101(86)4/h5-44,50-56H,45-49H2,1-4H3. The minimum Gasteiger partial charge on any atom is -0.485 e. The van der Waals surface area contributed by atoms with E-state index in [1.807, 2.05) is 0 Å². The van der Waals surface area contributed by atoms with E-state index in [0.717, 1.165) is 149 Å². The Morgan fingerprint density at radius 1 is 0.300 bits per heavy atom. The molecule has 0 radical (unpaired) electrons. The van der Waals surface area contributed by atoms with Crippen LogP contribution in [-0.2, 0) is 27.6 Å². The van der Waals surface area contributed by atoms with Crippen LogP contribution >= 0.6 is 22.7 Å². The Morgan fingerprint density at radius 3 is 1.08 bits per heavy atom. The maximum absolute atomic E-state index is 7.32. The molecule has 528 valence electrons. The van der Waals surface area contributed by atoms with Crippen molar-refractivity contribution in [3.63, 3.8) is 0 Å². The van der Waals surface area contributed by atoms with E-state index in [2.05, 4.69) is 331 Å². The molecule has 0 spiro atoms. The van der Waals surface area contributed by atoms with Crippen LogP contribution in [0, 0.1) is 0 Å². The first-order valence-electron chi connectivity index (χ1n) is 37.8. The topological polar surface area (TPSA) is 71.3 Å². The highest BCUT2D eigenvalue weighted by Gasteiger charge is 2.33. The van der Waals surface area contributed by atoms with Gasteiger partial charge < -0.3 is 46.9 Å². The summed E-state index contributed by atoms with van der Waals surface area (Å²) in [6.07, 6.45) is 1.03. The molecule has 23 rings (SSSR count). The lowest BCUT2D eigenvalue weighted by molar-refractivity contribution is 0.175. The quantitative estimate of drug-likeness (QED) is 0.135. The number of hydrogen-bond donors (Lipinski definition) is 0. The number of anilines is 6. The zero-order chi connectivity index (χ0) is 72.7. The van der Waals surface area contributed by atoms with Crippen molar-refractivity contribution in [3.05, 3.63) is 290 Å². The molecule has 10 nitrogen and oxygen atoms in total. The Bertz CT molecular complexity index is 7170. The fourth-order valence-electron chi connectivity index (χ4n) is 18.6. The van der Waals surface area contributed by atoms with E-state index in [9.17, 15) is 0 Å². The third kappa shape index (κ3) is 9.39. The van der Waals surface area contributed by atoms with Gasteiger partial charge in [0.05, 0.1) is 19.5 Å². The van der Waals surface area contributed by atoms with Crippen LogP contribution in [0.3, 0.4) is 0 Å². The van der Waals surface area contributed by atoms with E-state index in [1.54, 1.807) is 22.7 Å². The molecule has 0 fully saturated rings. The summed E-state index contributed by atoms with van der Waals surface area (Å²) >= 11 is 3.42. The monoisotopic (exact) mass is 1460 g/mol. The van der Waals surface area contributed by atoms with E-state index in [4.69, 9.17) is 23.4 Å². The largest absolute Gasteiger partial charge is 0.485 e. The number of nitrogens with zero attached hydrogens (tertiary/aromatic N) is 5. The minimum atomic E-state index is 0.408. The van der Waals surface area contributed by atoms with Crippen LogP contribution in [0.5, 0.6) is 23.0 Å². The van der Waals surface area contributed by atoms with E-state index in [1.165, 1.54) is 87.7 Å². The molecule has 0 saturated carbocycles. The first kappa shape index (κ1) is 63.1. The third-order valence-corrected chi connectivity index (χ3v) is 26.1. The third-order valence-electron chi connectivity index (χ3n) is 23.7. The molecule has 3 aliphatic rings. The number of aromatic nitrogens is 3. The second kappa shape index (κ2) is 24.3. The highest BCUT2D eigenvalue weighted by molar-refractivity contribution is 7.20. The highest BCUT2D eigenvalue weighted by atomic mass is 32.1. The molecule has 1 unspecified atom stereocenters. The van der Waals surface area contributed by atoms with Crippen molar-refractivity contribution in [1.29, 1.82) is 0 Å². The fraction of sp³-hybridized carbons (Fsp3) is 0.102. The lowest BCUT2D eigenvalue weighted by atomic mass is 9.79. The van der Waals surface area contributed by atoms with Gasteiger partial charge in [-0.05, 0) is 189 Å². The summed E-state index contributed by atoms with van der Waals surface area (Å²) in [6.45, 7) is 4.13. The molecular weight excluding hydrogens is 1390 g/mol. The van der Waals surface area contributed by atoms with Crippen molar-refractivity contribution in [1.82, 2.24) is 13.7 Å². The first-order chi connectivity index (χ1) is 54.2. The van der Waals surface area contributed by atoms with Gasteiger partial charge in [-0.2, -0.15) is 0 Å². The summed E-state index contributed by atoms with van der Waals surface area (Å²) < 4.78 is 41.2. The van der Waals surface area contributed by atoms with Crippen LogP contribution in [0.1, 0.15) is 24.0 Å². The summed E-state index contributed by atoms with van der Waals surface area (Å²) in [5.74, 6) is 3.45. The second-order valence-electron chi connectivity index (χ2n) is 29.7. The number of furan rings is 1. The van der Waals surface area contributed by atoms with E-state index < -0.39 is 0 Å². The summed E-state index contributed by atoms with van der Waals surface area (Å²) in [6, 6.07) is 103. The van der Waals surface area contributed by atoms with Gasteiger partial charge in [0.25, 0.3) is 0 Å². The van der Waals surface area contributed by atoms with Gasteiger partial charge in [0.1, 0.15) is 37.6 Å². The molecule has 0 N–H and O–H groups in total. The summed E-state index contributed by atoms with van der Waals surface area (Å²) in [5.41, 5.74) is 24.7. The van der Waals surface area contributed by atoms with Crippen LogP contribution in [0.2, 0.25) is 0 Å². The normalized spacial score (nSPS) is 14.0. The Labute approximate surface area is 641 Å². The predicted octanol–water partition coefficient (Wildman–Crippen LogP) is 26.4. The predicted molar refractivity (Wildman–Crippen MR) is 457 cm³/mol. The lowest BCUT2D eigenvalue weighted by Crippen LogP contribution is -2.15. The summed E-state index contributed by atoms with van der Waals surface area (Å²) in [4.78, 5) is 8.84. The number of aryl methyl sites for hydroxylation is 3. The molecule has 2 aliphatic heterocycles. The maximum atomic E-state index is 7.32. The Balaban J connectivity index is 0.627. The Hall–Kier alpha value is -13.0. The zero-order valence-corrected chi connectivity index (χ0v) is 62.4. The van der Waals surface area contributed by atoms with Gasteiger partial charge >= 0.3 is 0 Å². The number of rotatable bonds is 10. The molecule has 1 aliphatic carbocycles. The SMILES string of the molecule is CC1Cc2ccccc2-c2cc(N(c3ccc(-c4sc(-c5cc6oc7cc(-c8sc(-c9ccc(N(c%10ccc%11c(c%10)c%10ccccc%10n%11C)c%10ccc%11c(c%10)c%10ccccc%10n%11C)cc9)c9c8OCCO9)c8ccccc8c7c6c6ccccc56)c5c4OCCO5)cc3)c3ccc4c(c3)c3ccccc3n4C)ccc21. The Kier molecular flexibility index (Phi) is 13.9. The van der Waals surface area contributed by atoms with Gasteiger partial charge in [-0.15, -0.1) is 22.7 Å². The molecule has 0 saturated heterocycles. The molecule has 0 bridgehead atoms. The molecule has 0 amide bonds. The Morgan fingerprint density at radius 2 is 0.645 bits per heavy atom. The summed E-state index contributed by atoms with van der Waals surface area (Å²) in [7, 11) is 6.48. The lowest BCUT2D eigenvalue weighted by Gasteiger charge is -2.30. The zero-order valence-electron chi connectivity index (χ0n) is 60.8. The number of fused-ring (bicyclic) bond motifs is 21. The molecule has 8 heterocycles. The fourth-order valence-corrected chi connectivity index (χ4v) is 21.0. The van der Waals surface area contributed by atoms with Crippen LogP contribution < -0.4 is 28.7 Å². The van der Waals surface area contributed by atoms with Crippen LogP contribution in [0.25, 0.3) is 162 Å². The van der Waals surface area contributed by atoms with Crippen molar-refractivity contribution in [2.24, 2.45) is 21.1 Å². The van der Waals surface area contributed by atoms with Crippen molar-refractivity contribution in [2.75, 3.05) is 36.2 Å². The molecule has 12 heteroatoms. The molecule has 14 aromatic carbocycles. The van der Waals surface area contributed by atoms with E-state index >= 15 is 0 Å². The maximum Gasteiger partial charge on any atom is 0.180 e. The average molecular weight is 1460 g/mol. The average Bonchev–Trinajstić information content (AvgIpc) is 1.53. The first-order valence-corrected chi connectivity index (χ1v) is 39.4. The number of benzene rings is 14. The van der Waals surface area contributed by atoms with Gasteiger partial charge in [-0.25, -0.2) is 0 Å². The molecule has 20 aromatic rings. The van der Waals surface area contributed by atoms with Crippen molar-refractivity contribution in [3.8, 4) is 75.9 Å². The minimum absolute atomic E-state index is 0.408. The van der Waals surface area contributed by atoms with Gasteiger partial charge in [-0.1, -0.05) is 165 Å². The number of hydrogen-bond acceptors (Lipinski definition) is 9. The van der Waals surface area contributed by atoms with Crippen LogP contribution in [0.4, 0.5) is 34.1 Å². The van der Waals surface area contributed by atoms with Crippen LogP contribution in [-0.4, -0.2) is 40.1 Å². The van der Waals surface area contributed by atoms with Crippen molar-refractivity contribution in [2.45, 2.75) is 19.3 Å². The smallest absolute Gasteiger partial charge is 0.180 e.